The smallest absolute Gasteiger partial charge is 0.312 e. The largest absolute Gasteiger partial charge is 0.469 e. The van der Waals surface area contributed by atoms with Gasteiger partial charge in [-0.15, -0.1) is 0 Å². The Kier molecular flexibility index (Phi) is 5.95. The minimum atomic E-state index is -0.618. The van der Waals surface area contributed by atoms with Gasteiger partial charge in [0.2, 0.25) is 0 Å². The van der Waals surface area contributed by atoms with Gasteiger partial charge in [0, 0.05) is 10.7 Å². The maximum Gasteiger partial charge on any atom is 0.312 e. The highest BCUT2D eigenvalue weighted by molar-refractivity contribution is 6.30. The molecule has 7 nitrogen and oxygen atoms in total. The van der Waals surface area contributed by atoms with Gasteiger partial charge in [-0.2, -0.15) is 0 Å². The highest BCUT2D eigenvalue weighted by Crippen LogP contribution is 2.12. The van der Waals surface area contributed by atoms with Crippen LogP contribution in [0, 0.1) is 0 Å². The maximum atomic E-state index is 12.2. The van der Waals surface area contributed by atoms with Crippen LogP contribution in [0.25, 0.3) is 0 Å². The van der Waals surface area contributed by atoms with Gasteiger partial charge in [-0.3, -0.25) is 14.4 Å². The number of esters is 1. The SMILES string of the molecule is COC(=O)C[C@@H]1C(=O)NCC[NH+]1CC(=O)Nc1ccc(Cl)cc1. The van der Waals surface area contributed by atoms with Crippen LogP contribution in [0.4, 0.5) is 5.69 Å². The van der Waals surface area contributed by atoms with Crippen molar-refractivity contribution in [2.45, 2.75) is 12.5 Å². The van der Waals surface area contributed by atoms with Crippen LogP contribution in [0.15, 0.2) is 24.3 Å². The van der Waals surface area contributed by atoms with E-state index in [1.54, 1.807) is 24.3 Å². The molecule has 2 amide bonds. The minimum absolute atomic E-state index is 0.0497. The molecule has 0 spiro atoms. The molecule has 124 valence electrons. The first kappa shape index (κ1) is 17.2. The van der Waals surface area contributed by atoms with Gasteiger partial charge >= 0.3 is 5.97 Å². The second kappa shape index (κ2) is 7.94. The normalized spacial score (nSPS) is 20.5. The zero-order valence-electron chi connectivity index (χ0n) is 12.7. The number of carbonyl (C=O) groups is 3. The number of rotatable bonds is 5. The number of piperazine rings is 1. The van der Waals surface area contributed by atoms with Crippen LogP contribution in [-0.2, 0) is 19.1 Å². The first-order valence-electron chi connectivity index (χ1n) is 7.24. The van der Waals surface area contributed by atoms with Gasteiger partial charge in [0.15, 0.2) is 12.6 Å². The van der Waals surface area contributed by atoms with E-state index in [-0.39, 0.29) is 24.8 Å². The number of carbonyl (C=O) groups excluding carboxylic acids is 3. The summed E-state index contributed by atoms with van der Waals surface area (Å²) in [5, 5.41) is 6.04. The van der Waals surface area contributed by atoms with Crippen LogP contribution in [0.3, 0.4) is 0 Å². The third-order valence-corrected chi connectivity index (χ3v) is 3.92. The summed E-state index contributed by atoms with van der Waals surface area (Å²) in [5.74, 6) is -0.939. The Hall–Kier alpha value is -2.12. The average Bonchev–Trinajstić information content (AvgIpc) is 2.52. The summed E-state index contributed by atoms with van der Waals surface area (Å²) >= 11 is 5.80. The molecule has 2 rings (SSSR count). The van der Waals surface area contributed by atoms with Gasteiger partial charge in [-0.25, -0.2) is 0 Å². The van der Waals surface area contributed by atoms with Gasteiger partial charge in [-0.05, 0) is 24.3 Å². The molecule has 1 aliphatic heterocycles. The van der Waals surface area contributed by atoms with Crippen molar-refractivity contribution in [1.29, 1.82) is 0 Å². The molecular weight excluding hydrogens is 322 g/mol. The molecule has 3 N–H and O–H groups in total. The number of nitrogens with one attached hydrogen (secondary N) is 3. The lowest BCUT2D eigenvalue weighted by atomic mass is 10.1. The molecule has 1 fully saturated rings. The standard InChI is InChI=1S/C15H18ClN3O4/c1-23-14(21)8-12-15(22)17-6-7-19(12)9-13(20)18-11-4-2-10(16)3-5-11/h2-5,12H,6-9H2,1H3,(H,17,22)(H,18,20)/p+1/t12-/m1/s1. The van der Waals surface area contributed by atoms with Gasteiger partial charge in [0.05, 0.1) is 20.2 Å². The van der Waals surface area contributed by atoms with Crippen molar-refractivity contribution in [2.75, 3.05) is 32.1 Å². The third-order valence-electron chi connectivity index (χ3n) is 3.67. The number of quaternary nitrogens is 1. The van der Waals surface area contributed by atoms with Crippen LogP contribution in [-0.4, -0.2) is 50.6 Å². The Labute approximate surface area is 138 Å². The van der Waals surface area contributed by atoms with E-state index >= 15 is 0 Å². The van der Waals surface area contributed by atoms with Crippen LogP contribution >= 0.6 is 11.6 Å². The summed E-state index contributed by atoms with van der Waals surface area (Å²) in [7, 11) is 1.27. The zero-order valence-corrected chi connectivity index (χ0v) is 13.5. The van der Waals surface area contributed by atoms with Crippen LogP contribution in [0.5, 0.6) is 0 Å². The van der Waals surface area contributed by atoms with E-state index in [4.69, 9.17) is 11.6 Å². The topological polar surface area (TPSA) is 88.9 Å². The number of ether oxygens (including phenoxy) is 1. The number of hydrogen-bond acceptors (Lipinski definition) is 4. The highest BCUT2D eigenvalue weighted by Gasteiger charge is 2.36. The van der Waals surface area contributed by atoms with Gasteiger partial charge in [0.25, 0.3) is 11.8 Å². The number of hydrogen-bond donors (Lipinski definition) is 3. The second-order valence-electron chi connectivity index (χ2n) is 5.26. The number of benzene rings is 1. The van der Waals surface area contributed by atoms with Crippen LogP contribution in [0.2, 0.25) is 5.02 Å². The maximum absolute atomic E-state index is 12.2. The first-order valence-corrected chi connectivity index (χ1v) is 7.62. The molecule has 0 aliphatic carbocycles. The van der Waals surface area contributed by atoms with Crippen molar-refractivity contribution in [2.24, 2.45) is 0 Å². The molecule has 0 saturated carbocycles. The molecule has 0 aromatic heterocycles. The predicted molar refractivity (Wildman–Crippen MR) is 84.2 cm³/mol. The molecule has 1 heterocycles. The van der Waals surface area contributed by atoms with Crippen molar-refractivity contribution in [3.05, 3.63) is 29.3 Å². The van der Waals surface area contributed by atoms with Crippen molar-refractivity contribution in [1.82, 2.24) is 5.32 Å². The van der Waals surface area contributed by atoms with Crippen molar-refractivity contribution < 1.29 is 24.0 Å². The molecule has 0 bridgehead atoms. The first-order chi connectivity index (χ1) is 11.0. The van der Waals surface area contributed by atoms with Crippen LogP contribution in [0.1, 0.15) is 6.42 Å². The summed E-state index contributed by atoms with van der Waals surface area (Å²) in [6, 6.07) is 6.14. The number of anilines is 1. The van der Waals surface area contributed by atoms with E-state index in [0.29, 0.717) is 23.8 Å². The molecule has 1 aliphatic rings. The van der Waals surface area contributed by atoms with Gasteiger partial charge < -0.3 is 20.3 Å². The van der Waals surface area contributed by atoms with Crippen LogP contribution < -0.4 is 15.5 Å². The summed E-state index contributed by atoms with van der Waals surface area (Å²) in [4.78, 5) is 36.3. The molecule has 1 unspecified atom stereocenters. The van der Waals surface area contributed by atoms with E-state index in [1.807, 2.05) is 0 Å². The fraction of sp³-hybridized carbons (Fsp3) is 0.400. The van der Waals surface area contributed by atoms with Crippen molar-refractivity contribution in [3.63, 3.8) is 0 Å². The summed E-state index contributed by atoms with van der Waals surface area (Å²) < 4.78 is 4.62. The van der Waals surface area contributed by atoms with Gasteiger partial charge in [0.1, 0.15) is 6.42 Å². The van der Waals surface area contributed by atoms with E-state index in [2.05, 4.69) is 15.4 Å². The van der Waals surface area contributed by atoms with E-state index < -0.39 is 12.0 Å². The number of methoxy groups -OCH3 is 1. The number of halogens is 1. The fourth-order valence-electron chi connectivity index (χ4n) is 2.47. The zero-order chi connectivity index (χ0) is 16.8. The lowest BCUT2D eigenvalue weighted by Gasteiger charge is -2.30. The molecule has 0 radical (unpaired) electrons. The average molecular weight is 341 g/mol. The molecule has 23 heavy (non-hydrogen) atoms. The fourth-order valence-corrected chi connectivity index (χ4v) is 2.60. The lowest BCUT2D eigenvalue weighted by molar-refractivity contribution is -0.909. The highest BCUT2D eigenvalue weighted by atomic mass is 35.5. The summed E-state index contributed by atoms with van der Waals surface area (Å²) in [5.41, 5.74) is 0.629. The molecule has 1 aromatic rings. The van der Waals surface area contributed by atoms with E-state index in [1.165, 1.54) is 7.11 Å². The second-order valence-corrected chi connectivity index (χ2v) is 5.70. The monoisotopic (exact) mass is 340 g/mol. The molecule has 8 heteroatoms. The lowest BCUT2D eigenvalue weighted by Crippen LogP contribution is -3.20. The number of amides is 2. The van der Waals surface area contributed by atoms with E-state index in [9.17, 15) is 14.4 Å². The molecule has 1 saturated heterocycles. The Morgan fingerprint density at radius 2 is 2.09 bits per heavy atom. The van der Waals surface area contributed by atoms with E-state index in [0.717, 1.165) is 4.90 Å². The Balaban J connectivity index is 1.97. The van der Waals surface area contributed by atoms with Gasteiger partial charge in [-0.1, -0.05) is 11.6 Å². The quantitative estimate of drug-likeness (QED) is 0.614. The Morgan fingerprint density at radius 3 is 2.74 bits per heavy atom. The molecular formula is C15H19ClN3O4+. The Bertz CT molecular complexity index is 591. The minimum Gasteiger partial charge on any atom is -0.469 e. The Morgan fingerprint density at radius 1 is 1.39 bits per heavy atom. The van der Waals surface area contributed by atoms with Crippen molar-refractivity contribution >= 4 is 35.1 Å². The summed E-state index contributed by atoms with van der Waals surface area (Å²) in [6.07, 6.45) is -0.0497. The molecule has 2 atom stereocenters. The molecule has 1 aromatic carbocycles. The predicted octanol–water partition coefficient (Wildman–Crippen LogP) is -0.775. The van der Waals surface area contributed by atoms with Crippen molar-refractivity contribution in [3.8, 4) is 0 Å². The third kappa shape index (κ3) is 4.94. The summed E-state index contributed by atoms with van der Waals surface area (Å²) in [6.45, 7) is 1.14.